The average Bonchev–Trinajstić information content (AvgIpc) is 2.67. The largest absolute Gasteiger partial charge is 0.465 e. The SMILES string of the molecule is O=C(O)N(Cc1ccccc1)[C@@H]1CCN(c2ccc(F)cc2[N+](=O)[O-])C[C@@H]1F. The second-order valence-corrected chi connectivity index (χ2v) is 6.60. The Morgan fingerprint density at radius 3 is 2.61 bits per heavy atom. The molecule has 1 heterocycles. The van der Waals surface area contributed by atoms with Gasteiger partial charge in [-0.1, -0.05) is 30.3 Å². The fourth-order valence-corrected chi connectivity index (χ4v) is 3.48. The molecule has 1 aliphatic rings. The maximum absolute atomic E-state index is 14.9. The van der Waals surface area contributed by atoms with Crippen LogP contribution in [0.1, 0.15) is 12.0 Å². The molecule has 148 valence electrons. The van der Waals surface area contributed by atoms with E-state index in [1.807, 2.05) is 0 Å². The molecule has 1 N–H and O–H groups in total. The van der Waals surface area contributed by atoms with Crippen LogP contribution < -0.4 is 4.90 Å². The van der Waals surface area contributed by atoms with Crippen LogP contribution in [-0.4, -0.2) is 46.3 Å². The highest BCUT2D eigenvalue weighted by Gasteiger charge is 2.37. The Bertz CT molecular complexity index is 866. The number of nitro benzene ring substituents is 1. The number of carbonyl (C=O) groups is 1. The number of anilines is 1. The maximum Gasteiger partial charge on any atom is 0.407 e. The summed E-state index contributed by atoms with van der Waals surface area (Å²) in [4.78, 5) is 24.7. The minimum absolute atomic E-state index is 0.0535. The van der Waals surface area contributed by atoms with Crippen molar-refractivity contribution in [2.75, 3.05) is 18.0 Å². The summed E-state index contributed by atoms with van der Waals surface area (Å²) in [7, 11) is 0. The smallest absolute Gasteiger partial charge is 0.407 e. The van der Waals surface area contributed by atoms with E-state index in [-0.39, 0.29) is 31.7 Å². The highest BCUT2D eigenvalue weighted by Crippen LogP contribution is 2.33. The van der Waals surface area contributed by atoms with E-state index in [0.29, 0.717) is 0 Å². The van der Waals surface area contributed by atoms with Crippen LogP contribution in [0.2, 0.25) is 0 Å². The molecule has 0 saturated carbocycles. The number of benzene rings is 2. The third-order valence-corrected chi connectivity index (χ3v) is 4.82. The van der Waals surface area contributed by atoms with E-state index < -0.39 is 34.7 Å². The molecule has 0 spiro atoms. The first-order valence-corrected chi connectivity index (χ1v) is 8.73. The first-order chi connectivity index (χ1) is 13.4. The molecule has 2 aromatic carbocycles. The molecule has 1 fully saturated rings. The van der Waals surface area contributed by atoms with Crippen LogP contribution in [0.25, 0.3) is 0 Å². The molecular weight excluding hydrogens is 372 g/mol. The van der Waals surface area contributed by atoms with Crippen molar-refractivity contribution in [1.82, 2.24) is 4.90 Å². The molecule has 0 radical (unpaired) electrons. The summed E-state index contributed by atoms with van der Waals surface area (Å²) < 4.78 is 28.3. The topological polar surface area (TPSA) is 86.9 Å². The van der Waals surface area contributed by atoms with Gasteiger partial charge in [0.2, 0.25) is 0 Å². The van der Waals surface area contributed by atoms with E-state index in [0.717, 1.165) is 22.6 Å². The molecule has 28 heavy (non-hydrogen) atoms. The van der Waals surface area contributed by atoms with Crippen molar-refractivity contribution in [3.63, 3.8) is 0 Å². The van der Waals surface area contributed by atoms with Crippen LogP contribution in [0, 0.1) is 15.9 Å². The lowest BCUT2D eigenvalue weighted by Gasteiger charge is -2.40. The molecule has 2 aromatic rings. The molecule has 2 atom stereocenters. The Kier molecular flexibility index (Phi) is 5.72. The number of nitro groups is 1. The first-order valence-electron chi connectivity index (χ1n) is 8.73. The lowest BCUT2D eigenvalue weighted by atomic mass is 9.99. The van der Waals surface area contributed by atoms with Crippen LogP contribution in [0.15, 0.2) is 48.5 Å². The van der Waals surface area contributed by atoms with Gasteiger partial charge in [-0.25, -0.2) is 13.6 Å². The summed E-state index contributed by atoms with van der Waals surface area (Å²) in [5, 5.41) is 20.7. The van der Waals surface area contributed by atoms with Gasteiger partial charge in [-0.2, -0.15) is 0 Å². The van der Waals surface area contributed by atoms with Gasteiger partial charge in [0.15, 0.2) is 0 Å². The third-order valence-electron chi connectivity index (χ3n) is 4.82. The van der Waals surface area contributed by atoms with Gasteiger partial charge in [-0.15, -0.1) is 0 Å². The minimum atomic E-state index is -1.54. The fourth-order valence-electron chi connectivity index (χ4n) is 3.48. The number of amides is 1. The highest BCUT2D eigenvalue weighted by atomic mass is 19.1. The van der Waals surface area contributed by atoms with Gasteiger partial charge in [0.05, 0.1) is 23.6 Å². The van der Waals surface area contributed by atoms with Crippen molar-refractivity contribution in [2.24, 2.45) is 0 Å². The lowest BCUT2D eigenvalue weighted by Crippen LogP contribution is -2.53. The molecule has 3 rings (SSSR count). The number of nitrogens with zero attached hydrogens (tertiary/aromatic N) is 3. The highest BCUT2D eigenvalue weighted by molar-refractivity contribution is 5.66. The zero-order chi connectivity index (χ0) is 20.3. The standard InChI is InChI=1S/C19H19F2N3O4/c20-14-6-7-17(18(10-14)24(27)28)22-9-8-16(15(21)12-22)23(19(25)26)11-13-4-2-1-3-5-13/h1-7,10,15-16H,8-9,11-12H2,(H,25,26)/t15-,16+/m0/s1. The van der Waals surface area contributed by atoms with E-state index in [4.69, 9.17) is 0 Å². The van der Waals surface area contributed by atoms with Crippen LogP contribution in [0.3, 0.4) is 0 Å². The molecule has 1 saturated heterocycles. The van der Waals surface area contributed by atoms with Gasteiger partial charge in [0.25, 0.3) is 5.69 Å². The van der Waals surface area contributed by atoms with Crippen molar-refractivity contribution < 1.29 is 23.6 Å². The number of halogens is 2. The van der Waals surface area contributed by atoms with E-state index in [1.54, 1.807) is 30.3 Å². The minimum Gasteiger partial charge on any atom is -0.465 e. The van der Waals surface area contributed by atoms with Gasteiger partial charge in [0.1, 0.15) is 17.7 Å². The Morgan fingerprint density at radius 1 is 1.29 bits per heavy atom. The van der Waals surface area contributed by atoms with Crippen LogP contribution in [0.5, 0.6) is 0 Å². The quantitative estimate of drug-likeness (QED) is 0.618. The molecule has 1 aliphatic heterocycles. The van der Waals surface area contributed by atoms with Crippen molar-refractivity contribution in [2.45, 2.75) is 25.2 Å². The van der Waals surface area contributed by atoms with Crippen LogP contribution in [-0.2, 0) is 6.54 Å². The molecular formula is C19H19F2N3O4. The summed E-state index contributed by atoms with van der Waals surface area (Å²) in [6.07, 6.45) is -2.61. The Morgan fingerprint density at radius 2 is 2.00 bits per heavy atom. The van der Waals surface area contributed by atoms with Crippen LogP contribution in [0.4, 0.5) is 25.0 Å². The molecule has 0 aromatic heterocycles. The van der Waals surface area contributed by atoms with E-state index in [9.17, 15) is 28.8 Å². The zero-order valence-electron chi connectivity index (χ0n) is 14.9. The Labute approximate surface area is 159 Å². The number of hydrogen-bond acceptors (Lipinski definition) is 4. The second-order valence-electron chi connectivity index (χ2n) is 6.60. The molecule has 0 bridgehead atoms. The number of hydrogen-bond donors (Lipinski definition) is 1. The summed E-state index contributed by atoms with van der Waals surface area (Å²) in [5.41, 5.74) is 0.427. The summed E-state index contributed by atoms with van der Waals surface area (Å²) in [5.74, 6) is -0.748. The van der Waals surface area contributed by atoms with Crippen molar-refractivity contribution in [1.29, 1.82) is 0 Å². The monoisotopic (exact) mass is 391 g/mol. The number of rotatable bonds is 5. The van der Waals surface area contributed by atoms with Gasteiger partial charge in [-0.3, -0.25) is 15.0 Å². The molecule has 0 aliphatic carbocycles. The fraction of sp³-hybridized carbons (Fsp3) is 0.316. The van der Waals surface area contributed by atoms with E-state index in [2.05, 4.69) is 0 Å². The van der Waals surface area contributed by atoms with Gasteiger partial charge >= 0.3 is 6.09 Å². The predicted octanol–water partition coefficient (Wildman–Crippen LogP) is 3.83. The van der Waals surface area contributed by atoms with Gasteiger partial charge < -0.3 is 10.0 Å². The van der Waals surface area contributed by atoms with Crippen molar-refractivity contribution >= 4 is 17.5 Å². The number of piperidine rings is 1. The lowest BCUT2D eigenvalue weighted by molar-refractivity contribution is -0.384. The Balaban J connectivity index is 1.77. The van der Waals surface area contributed by atoms with Crippen LogP contribution >= 0.6 is 0 Å². The maximum atomic E-state index is 14.9. The summed E-state index contributed by atoms with van der Waals surface area (Å²) >= 11 is 0. The van der Waals surface area contributed by atoms with E-state index in [1.165, 1.54) is 11.0 Å². The summed E-state index contributed by atoms with van der Waals surface area (Å²) in [6.45, 7) is 0.0593. The molecule has 0 unspecified atom stereocenters. The first kappa shape index (κ1) is 19.5. The van der Waals surface area contributed by atoms with Gasteiger partial charge in [-0.05, 0) is 24.1 Å². The Hall–Kier alpha value is -3.23. The summed E-state index contributed by atoms with van der Waals surface area (Å²) in [6, 6.07) is 11.2. The average molecular weight is 391 g/mol. The van der Waals surface area contributed by atoms with E-state index >= 15 is 0 Å². The number of carboxylic acid groups (broad SMARTS) is 1. The van der Waals surface area contributed by atoms with Crippen molar-refractivity contribution in [3.05, 3.63) is 70.0 Å². The van der Waals surface area contributed by atoms with Gasteiger partial charge in [0, 0.05) is 13.1 Å². The molecule has 7 nitrogen and oxygen atoms in total. The van der Waals surface area contributed by atoms with Crippen molar-refractivity contribution in [3.8, 4) is 0 Å². The zero-order valence-corrected chi connectivity index (χ0v) is 14.9. The number of alkyl halides is 1. The second kappa shape index (κ2) is 8.20. The normalized spacial score (nSPS) is 19.3. The molecule has 1 amide bonds. The molecule has 9 heteroatoms. The third kappa shape index (κ3) is 4.19. The predicted molar refractivity (Wildman–Crippen MR) is 98.6 cm³/mol.